The van der Waals surface area contributed by atoms with Crippen LogP contribution in [-0.4, -0.2) is 35.3 Å². The van der Waals surface area contributed by atoms with Crippen LogP contribution in [-0.2, 0) is 11.3 Å². The first-order valence-corrected chi connectivity index (χ1v) is 9.59. The molecule has 0 radical (unpaired) electrons. The molecule has 1 rings (SSSR count). The molecule has 144 valence electrons. The van der Waals surface area contributed by atoms with Crippen molar-refractivity contribution in [2.75, 3.05) is 13.2 Å². The zero-order valence-corrected chi connectivity index (χ0v) is 16.5. The first-order valence-electron chi connectivity index (χ1n) is 9.59. The van der Waals surface area contributed by atoms with Gasteiger partial charge in [0, 0.05) is 19.2 Å². The molecule has 0 aliphatic heterocycles. The van der Waals surface area contributed by atoms with E-state index in [0.717, 1.165) is 18.9 Å². The van der Waals surface area contributed by atoms with Gasteiger partial charge in [-0.1, -0.05) is 37.8 Å². The lowest BCUT2D eigenvalue weighted by Gasteiger charge is -2.17. The predicted molar refractivity (Wildman–Crippen MR) is 101 cm³/mol. The normalized spacial score (nSPS) is 14.4. The van der Waals surface area contributed by atoms with E-state index < -0.39 is 0 Å². The molecule has 2 atom stereocenters. The Balaban J connectivity index is 2.51. The zero-order chi connectivity index (χ0) is 18.5. The van der Waals surface area contributed by atoms with Crippen molar-refractivity contribution in [2.24, 2.45) is 4.99 Å². The van der Waals surface area contributed by atoms with Gasteiger partial charge in [0.25, 0.3) is 0 Å². The topological polar surface area (TPSA) is 84.6 Å². The number of guanidine groups is 1. The van der Waals surface area contributed by atoms with E-state index in [1.54, 1.807) is 0 Å². The van der Waals surface area contributed by atoms with Crippen LogP contribution < -0.4 is 10.6 Å². The Bertz CT molecular complexity index is 490. The third-order valence-corrected chi connectivity index (χ3v) is 3.85. The van der Waals surface area contributed by atoms with Gasteiger partial charge in [-0.15, -0.1) is 0 Å². The Kier molecular flexibility index (Phi) is 10.9. The molecular formula is C18H35N5O2. The van der Waals surface area contributed by atoms with E-state index in [1.807, 2.05) is 13.8 Å². The highest BCUT2D eigenvalue weighted by molar-refractivity contribution is 5.79. The minimum Gasteiger partial charge on any atom is -0.371 e. The van der Waals surface area contributed by atoms with E-state index in [1.165, 1.54) is 25.7 Å². The van der Waals surface area contributed by atoms with Crippen LogP contribution in [0.2, 0.25) is 0 Å². The molecule has 0 aliphatic carbocycles. The summed E-state index contributed by atoms with van der Waals surface area (Å²) in [4.78, 5) is 8.89. The van der Waals surface area contributed by atoms with Crippen LogP contribution in [0.15, 0.2) is 9.52 Å². The Morgan fingerprint density at radius 2 is 2.00 bits per heavy atom. The second-order valence-corrected chi connectivity index (χ2v) is 6.23. The third kappa shape index (κ3) is 8.86. The molecule has 0 spiro atoms. The van der Waals surface area contributed by atoms with Crippen molar-refractivity contribution in [3.8, 4) is 0 Å². The highest BCUT2D eigenvalue weighted by Crippen LogP contribution is 2.13. The smallest absolute Gasteiger partial charge is 0.248 e. The summed E-state index contributed by atoms with van der Waals surface area (Å²) >= 11 is 0. The van der Waals surface area contributed by atoms with Crippen LogP contribution in [0.25, 0.3) is 0 Å². The van der Waals surface area contributed by atoms with Crippen LogP contribution >= 0.6 is 0 Å². The molecule has 0 saturated carbocycles. The molecule has 0 aromatic carbocycles. The average molecular weight is 354 g/mol. The van der Waals surface area contributed by atoms with Crippen molar-refractivity contribution in [2.45, 2.75) is 85.4 Å². The summed E-state index contributed by atoms with van der Waals surface area (Å²) in [6.45, 7) is 12.1. The van der Waals surface area contributed by atoms with E-state index >= 15 is 0 Å². The minimum atomic E-state index is -0.166. The van der Waals surface area contributed by atoms with Gasteiger partial charge in [0.1, 0.15) is 12.6 Å². The number of hydrogen-bond donors (Lipinski definition) is 2. The monoisotopic (exact) mass is 353 g/mol. The predicted octanol–water partition coefficient (Wildman–Crippen LogP) is 3.58. The van der Waals surface area contributed by atoms with Gasteiger partial charge in [0.15, 0.2) is 11.8 Å². The Morgan fingerprint density at radius 1 is 1.20 bits per heavy atom. The zero-order valence-electron chi connectivity index (χ0n) is 16.5. The van der Waals surface area contributed by atoms with E-state index in [9.17, 15) is 0 Å². The fraction of sp³-hybridized carbons (Fsp3) is 0.833. The van der Waals surface area contributed by atoms with E-state index in [2.05, 4.69) is 46.5 Å². The molecule has 1 heterocycles. The van der Waals surface area contributed by atoms with E-state index in [0.29, 0.717) is 30.9 Å². The Labute approximate surface area is 152 Å². The molecule has 1 aromatic heterocycles. The van der Waals surface area contributed by atoms with Crippen LogP contribution in [0.3, 0.4) is 0 Å². The lowest BCUT2D eigenvalue weighted by molar-refractivity contribution is 0.0683. The van der Waals surface area contributed by atoms with Gasteiger partial charge in [0.2, 0.25) is 5.89 Å². The summed E-state index contributed by atoms with van der Waals surface area (Å²) in [6, 6.07) is 0.380. The quantitative estimate of drug-likeness (QED) is 0.339. The molecule has 7 nitrogen and oxygen atoms in total. The van der Waals surface area contributed by atoms with E-state index in [4.69, 9.17) is 9.26 Å². The summed E-state index contributed by atoms with van der Waals surface area (Å²) in [7, 11) is 0. The van der Waals surface area contributed by atoms with Gasteiger partial charge in [-0.25, -0.2) is 4.99 Å². The van der Waals surface area contributed by atoms with Gasteiger partial charge in [-0.3, -0.25) is 0 Å². The minimum absolute atomic E-state index is 0.166. The highest BCUT2D eigenvalue weighted by atomic mass is 16.5. The molecule has 0 fully saturated rings. The fourth-order valence-electron chi connectivity index (χ4n) is 2.47. The first-order chi connectivity index (χ1) is 12.1. The van der Waals surface area contributed by atoms with Crippen molar-refractivity contribution >= 4 is 5.96 Å². The number of rotatable bonds is 12. The van der Waals surface area contributed by atoms with Crippen molar-refractivity contribution < 1.29 is 9.26 Å². The number of nitrogens with one attached hydrogen (secondary N) is 2. The number of aromatic nitrogens is 2. The van der Waals surface area contributed by atoms with Gasteiger partial charge in [-0.05, 0) is 34.1 Å². The summed E-state index contributed by atoms with van der Waals surface area (Å²) in [6.07, 6.45) is 6.07. The Hall–Kier alpha value is -1.63. The lowest BCUT2D eigenvalue weighted by atomic mass is 10.1. The largest absolute Gasteiger partial charge is 0.371 e. The third-order valence-electron chi connectivity index (χ3n) is 3.85. The van der Waals surface area contributed by atoms with Crippen LogP contribution in [0.1, 0.15) is 84.5 Å². The number of unbranched alkanes of at least 4 members (excludes halogenated alkanes) is 3. The summed E-state index contributed by atoms with van der Waals surface area (Å²) in [5, 5.41) is 10.7. The molecule has 0 saturated heterocycles. The molecular weight excluding hydrogens is 318 g/mol. The second kappa shape index (κ2) is 12.7. The maximum absolute atomic E-state index is 5.47. The van der Waals surface area contributed by atoms with Crippen LogP contribution in [0.5, 0.6) is 0 Å². The van der Waals surface area contributed by atoms with Crippen molar-refractivity contribution in [3.63, 3.8) is 0 Å². The van der Waals surface area contributed by atoms with Crippen molar-refractivity contribution in [1.82, 2.24) is 20.8 Å². The summed E-state index contributed by atoms with van der Waals surface area (Å²) in [5.74, 6) is 1.84. The SMILES string of the molecule is CCCCCCC(C)NC(=NCc1nc(C(C)OCC)no1)NCC. The standard InChI is InChI=1S/C18H35N5O2/c1-6-9-10-11-12-14(4)21-18(19-7-2)20-13-16-22-17(23-25-16)15(5)24-8-3/h14-15H,6-13H2,1-5H3,(H2,19,20,21). The average Bonchev–Trinajstić information content (AvgIpc) is 3.06. The van der Waals surface area contributed by atoms with Gasteiger partial charge in [0.05, 0.1) is 0 Å². The number of ether oxygens (including phenoxy) is 1. The maximum Gasteiger partial charge on any atom is 0.248 e. The van der Waals surface area contributed by atoms with Gasteiger partial charge < -0.3 is 19.9 Å². The highest BCUT2D eigenvalue weighted by Gasteiger charge is 2.13. The number of hydrogen-bond acceptors (Lipinski definition) is 5. The van der Waals surface area contributed by atoms with Crippen LogP contribution in [0.4, 0.5) is 0 Å². The van der Waals surface area contributed by atoms with Crippen molar-refractivity contribution in [3.05, 3.63) is 11.7 Å². The summed E-state index contributed by atoms with van der Waals surface area (Å²) < 4.78 is 10.7. The molecule has 2 unspecified atom stereocenters. The van der Waals surface area contributed by atoms with Crippen LogP contribution in [0, 0.1) is 0 Å². The van der Waals surface area contributed by atoms with Crippen molar-refractivity contribution in [1.29, 1.82) is 0 Å². The molecule has 7 heteroatoms. The molecule has 0 amide bonds. The lowest BCUT2D eigenvalue weighted by Crippen LogP contribution is -2.42. The second-order valence-electron chi connectivity index (χ2n) is 6.23. The number of nitrogens with zero attached hydrogens (tertiary/aromatic N) is 3. The van der Waals surface area contributed by atoms with E-state index in [-0.39, 0.29) is 6.10 Å². The van der Waals surface area contributed by atoms with Gasteiger partial charge in [-0.2, -0.15) is 4.98 Å². The maximum atomic E-state index is 5.47. The number of aliphatic imine (C=N–C) groups is 1. The Morgan fingerprint density at radius 3 is 2.68 bits per heavy atom. The van der Waals surface area contributed by atoms with Gasteiger partial charge >= 0.3 is 0 Å². The molecule has 1 aromatic rings. The molecule has 0 bridgehead atoms. The fourth-order valence-corrected chi connectivity index (χ4v) is 2.47. The first kappa shape index (κ1) is 21.4. The molecule has 0 aliphatic rings. The summed E-state index contributed by atoms with van der Waals surface area (Å²) in [5.41, 5.74) is 0. The molecule has 2 N–H and O–H groups in total. The molecule has 25 heavy (non-hydrogen) atoms.